The van der Waals surface area contributed by atoms with Crippen LogP contribution < -0.4 is 11.3 Å². The van der Waals surface area contributed by atoms with E-state index in [2.05, 4.69) is 17.6 Å². The maximum atomic E-state index is 5.06. The lowest BCUT2D eigenvalue weighted by molar-refractivity contribution is 0.959. The second-order valence-electron chi connectivity index (χ2n) is 2.26. The fourth-order valence-corrected chi connectivity index (χ4v) is 0.877. The first-order chi connectivity index (χ1) is 5.43. The zero-order valence-corrected chi connectivity index (χ0v) is 6.33. The second kappa shape index (κ2) is 4.52. The van der Waals surface area contributed by atoms with Crippen LogP contribution in [0.5, 0.6) is 0 Å². The van der Waals surface area contributed by atoms with Crippen molar-refractivity contribution in [3.05, 3.63) is 48.2 Å². The van der Waals surface area contributed by atoms with Gasteiger partial charge in [-0.2, -0.15) is 0 Å². The van der Waals surface area contributed by atoms with Crippen LogP contribution in [0, 0.1) is 0 Å². The highest BCUT2D eigenvalue weighted by atomic mass is 15.2. The average Bonchev–Trinajstić information content (AvgIpc) is 2.07. The van der Waals surface area contributed by atoms with Crippen molar-refractivity contribution in [2.75, 3.05) is 0 Å². The van der Waals surface area contributed by atoms with Crippen LogP contribution in [0.25, 0.3) is 0 Å². The van der Waals surface area contributed by atoms with Crippen molar-refractivity contribution in [2.24, 2.45) is 5.84 Å². The Kier molecular flexibility index (Phi) is 3.22. The van der Waals surface area contributed by atoms with E-state index in [0.29, 0.717) is 0 Å². The lowest BCUT2D eigenvalue weighted by atomic mass is 10.1. The minimum absolute atomic E-state index is 0.922. The third-order valence-electron chi connectivity index (χ3n) is 1.41. The fraction of sp³-hybridized carbons (Fsp3) is 0.111. The molecular weight excluding hydrogens is 136 g/mol. The number of allylic oxidation sites excluding steroid dienone is 1. The Morgan fingerprint density at radius 1 is 1.27 bits per heavy atom. The number of hydrogen-bond donors (Lipinski definition) is 2. The van der Waals surface area contributed by atoms with Crippen LogP contribution >= 0.6 is 0 Å². The third kappa shape index (κ3) is 2.87. The van der Waals surface area contributed by atoms with Gasteiger partial charge in [0.05, 0.1) is 0 Å². The van der Waals surface area contributed by atoms with Gasteiger partial charge in [0, 0.05) is 6.20 Å². The van der Waals surface area contributed by atoms with E-state index in [9.17, 15) is 0 Å². The number of hydrogen-bond acceptors (Lipinski definition) is 2. The van der Waals surface area contributed by atoms with Gasteiger partial charge < -0.3 is 5.43 Å². The van der Waals surface area contributed by atoms with Crippen LogP contribution in [0.1, 0.15) is 5.56 Å². The van der Waals surface area contributed by atoms with E-state index in [1.54, 1.807) is 6.20 Å². The monoisotopic (exact) mass is 148 g/mol. The molecule has 1 aromatic carbocycles. The molecule has 0 radical (unpaired) electrons. The van der Waals surface area contributed by atoms with Gasteiger partial charge in [-0.05, 0) is 12.0 Å². The largest absolute Gasteiger partial charge is 0.332 e. The molecule has 0 aliphatic rings. The molecule has 0 aliphatic carbocycles. The topological polar surface area (TPSA) is 38.0 Å². The summed E-state index contributed by atoms with van der Waals surface area (Å²) in [6.07, 6.45) is 4.63. The van der Waals surface area contributed by atoms with Gasteiger partial charge in [-0.25, -0.2) is 0 Å². The van der Waals surface area contributed by atoms with Crippen molar-refractivity contribution in [3.63, 3.8) is 0 Å². The first-order valence-corrected chi connectivity index (χ1v) is 3.58. The lowest BCUT2D eigenvalue weighted by Crippen LogP contribution is -2.12. The smallest absolute Gasteiger partial charge is 0.00859 e. The van der Waals surface area contributed by atoms with Crippen LogP contribution in [0.2, 0.25) is 0 Å². The maximum absolute atomic E-state index is 5.06. The number of nitrogens with two attached hydrogens (primary N) is 1. The molecule has 1 aromatic rings. The van der Waals surface area contributed by atoms with Gasteiger partial charge in [0.15, 0.2) is 0 Å². The summed E-state index contributed by atoms with van der Waals surface area (Å²) >= 11 is 0. The Morgan fingerprint density at radius 3 is 2.64 bits per heavy atom. The molecule has 0 amide bonds. The Labute approximate surface area is 66.7 Å². The summed E-state index contributed by atoms with van der Waals surface area (Å²) in [5.74, 6) is 5.06. The minimum Gasteiger partial charge on any atom is -0.332 e. The average molecular weight is 148 g/mol. The van der Waals surface area contributed by atoms with Gasteiger partial charge in [0.2, 0.25) is 0 Å². The first kappa shape index (κ1) is 7.82. The number of rotatable bonds is 3. The minimum atomic E-state index is 0.922. The summed E-state index contributed by atoms with van der Waals surface area (Å²) in [6, 6.07) is 10.2. The second-order valence-corrected chi connectivity index (χ2v) is 2.26. The van der Waals surface area contributed by atoms with E-state index >= 15 is 0 Å². The predicted molar refractivity (Wildman–Crippen MR) is 46.6 cm³/mol. The van der Waals surface area contributed by atoms with Crippen LogP contribution in [0.3, 0.4) is 0 Å². The molecule has 0 aromatic heterocycles. The van der Waals surface area contributed by atoms with Gasteiger partial charge in [0.1, 0.15) is 0 Å². The number of benzene rings is 1. The van der Waals surface area contributed by atoms with Crippen molar-refractivity contribution in [1.29, 1.82) is 0 Å². The first-order valence-electron chi connectivity index (χ1n) is 3.58. The lowest BCUT2D eigenvalue weighted by Gasteiger charge is -1.93. The van der Waals surface area contributed by atoms with Gasteiger partial charge in [-0.1, -0.05) is 36.4 Å². The Balaban J connectivity index is 2.45. The van der Waals surface area contributed by atoms with Crippen LogP contribution in [0.15, 0.2) is 42.6 Å². The summed E-state index contributed by atoms with van der Waals surface area (Å²) in [4.78, 5) is 0. The molecule has 0 saturated heterocycles. The maximum Gasteiger partial charge on any atom is 0.00859 e. The molecule has 2 nitrogen and oxygen atoms in total. The highest BCUT2D eigenvalue weighted by Crippen LogP contribution is 1.98. The summed E-state index contributed by atoms with van der Waals surface area (Å²) in [5, 5.41) is 0. The van der Waals surface area contributed by atoms with Crippen LogP contribution in [0.4, 0.5) is 0 Å². The molecule has 0 spiro atoms. The van der Waals surface area contributed by atoms with Crippen LogP contribution in [-0.2, 0) is 6.42 Å². The van der Waals surface area contributed by atoms with Crippen molar-refractivity contribution in [2.45, 2.75) is 6.42 Å². The third-order valence-corrected chi connectivity index (χ3v) is 1.41. The van der Waals surface area contributed by atoms with E-state index in [4.69, 9.17) is 5.84 Å². The molecule has 0 saturated carbocycles. The van der Waals surface area contributed by atoms with Gasteiger partial charge in [-0.3, -0.25) is 5.84 Å². The van der Waals surface area contributed by atoms with E-state index in [0.717, 1.165) is 6.42 Å². The fourth-order valence-electron chi connectivity index (χ4n) is 0.877. The molecule has 3 N–H and O–H groups in total. The Morgan fingerprint density at radius 2 is 2.00 bits per heavy atom. The molecule has 0 atom stereocenters. The molecule has 1 rings (SSSR count). The molecule has 0 aliphatic heterocycles. The number of hydrazine groups is 1. The molecular formula is C9H12N2. The molecule has 0 heterocycles. The van der Waals surface area contributed by atoms with E-state index in [-0.39, 0.29) is 0 Å². The van der Waals surface area contributed by atoms with Gasteiger partial charge in [0.25, 0.3) is 0 Å². The molecule has 0 bridgehead atoms. The zero-order valence-electron chi connectivity index (χ0n) is 6.33. The van der Waals surface area contributed by atoms with E-state index in [1.165, 1.54) is 5.56 Å². The predicted octanol–water partition coefficient (Wildman–Crippen LogP) is 1.21. The van der Waals surface area contributed by atoms with Crippen molar-refractivity contribution in [3.8, 4) is 0 Å². The van der Waals surface area contributed by atoms with Crippen molar-refractivity contribution >= 4 is 0 Å². The summed E-state index contributed by atoms with van der Waals surface area (Å²) < 4.78 is 0. The van der Waals surface area contributed by atoms with Crippen molar-refractivity contribution in [1.82, 2.24) is 5.43 Å². The standard InChI is InChI=1S/C9H12N2/c10-11-8-4-7-9-5-2-1-3-6-9/h1-6,8,11H,7,10H2/b8-4+. The highest BCUT2D eigenvalue weighted by Gasteiger charge is 1.83. The zero-order chi connectivity index (χ0) is 7.94. The molecule has 11 heavy (non-hydrogen) atoms. The van der Waals surface area contributed by atoms with Crippen molar-refractivity contribution < 1.29 is 0 Å². The van der Waals surface area contributed by atoms with E-state index < -0.39 is 0 Å². The van der Waals surface area contributed by atoms with Gasteiger partial charge >= 0.3 is 0 Å². The molecule has 58 valence electrons. The van der Waals surface area contributed by atoms with Crippen LogP contribution in [-0.4, -0.2) is 0 Å². The summed E-state index contributed by atoms with van der Waals surface area (Å²) in [6.45, 7) is 0. The van der Waals surface area contributed by atoms with Gasteiger partial charge in [-0.15, -0.1) is 0 Å². The quantitative estimate of drug-likeness (QED) is 0.499. The normalized spacial score (nSPS) is 10.3. The molecule has 2 heteroatoms. The number of nitrogens with one attached hydrogen (secondary N) is 1. The highest BCUT2D eigenvalue weighted by molar-refractivity contribution is 5.17. The van der Waals surface area contributed by atoms with E-state index in [1.807, 2.05) is 24.3 Å². The Bertz CT molecular complexity index is 216. The Hall–Kier alpha value is -1.28. The summed E-state index contributed by atoms with van der Waals surface area (Å²) in [7, 11) is 0. The molecule has 0 fully saturated rings. The summed E-state index contributed by atoms with van der Waals surface area (Å²) in [5.41, 5.74) is 3.75. The molecule has 0 unspecified atom stereocenters. The SMILES string of the molecule is NN/C=C/Cc1ccccc1.